The molecule has 168 valence electrons. The molecule has 0 aliphatic heterocycles. The van der Waals surface area contributed by atoms with E-state index >= 15 is 0 Å². The molecule has 0 radical (unpaired) electrons. The van der Waals surface area contributed by atoms with E-state index in [1.165, 1.54) is 18.2 Å². The van der Waals surface area contributed by atoms with Crippen LogP contribution < -0.4 is 10.6 Å². The number of phenolic OH excluding ortho intramolecular Hbond substituents is 1. The minimum absolute atomic E-state index is 0.00393. The van der Waals surface area contributed by atoms with Crippen LogP contribution in [0, 0.1) is 5.82 Å². The number of halogens is 1. The summed E-state index contributed by atoms with van der Waals surface area (Å²) in [5.74, 6) is 0.377. The number of hydrogen-bond donors (Lipinski definition) is 4. The van der Waals surface area contributed by atoms with E-state index in [9.17, 15) is 14.6 Å². The van der Waals surface area contributed by atoms with Crippen LogP contribution in [-0.2, 0) is 6.54 Å². The molecule has 0 fully saturated rings. The molecule has 3 rings (SSSR count). The number of aromatic hydroxyl groups is 1. The van der Waals surface area contributed by atoms with Crippen molar-refractivity contribution in [2.45, 2.75) is 71.7 Å². The van der Waals surface area contributed by atoms with Crippen LogP contribution in [0.4, 0.5) is 16.2 Å². The van der Waals surface area contributed by atoms with Gasteiger partial charge in [-0.25, -0.2) is 9.37 Å². The number of phenols is 1. The van der Waals surface area contributed by atoms with Crippen molar-refractivity contribution in [3.05, 3.63) is 35.9 Å². The Balaban J connectivity index is 2.02. The van der Waals surface area contributed by atoms with Crippen molar-refractivity contribution in [1.82, 2.24) is 19.5 Å². The quantitative estimate of drug-likeness (QED) is 0.403. The molecule has 9 heteroatoms. The van der Waals surface area contributed by atoms with Gasteiger partial charge in [0, 0.05) is 18.2 Å². The van der Waals surface area contributed by atoms with E-state index < -0.39 is 11.4 Å². The number of aromatic nitrogens is 4. The molecule has 0 amide bonds. The fraction of sp³-hybridized carbons (Fsp3) is 0.500. The molecule has 0 bridgehead atoms. The zero-order valence-electron chi connectivity index (χ0n) is 18.6. The number of aliphatic hydroxyl groups is 1. The van der Waals surface area contributed by atoms with E-state index in [1.807, 2.05) is 11.5 Å². The van der Waals surface area contributed by atoms with E-state index in [0.717, 1.165) is 12.8 Å². The predicted molar refractivity (Wildman–Crippen MR) is 120 cm³/mol. The summed E-state index contributed by atoms with van der Waals surface area (Å²) in [7, 11) is 0. The van der Waals surface area contributed by atoms with Gasteiger partial charge in [-0.2, -0.15) is 9.97 Å². The highest BCUT2D eigenvalue weighted by molar-refractivity contribution is 5.84. The number of nitrogens with zero attached hydrogens (tertiary/aromatic N) is 4. The van der Waals surface area contributed by atoms with Gasteiger partial charge in [0.15, 0.2) is 17.0 Å². The van der Waals surface area contributed by atoms with Gasteiger partial charge in [0.1, 0.15) is 11.6 Å². The second kappa shape index (κ2) is 9.05. The smallest absolute Gasteiger partial charge is 0.227 e. The molecule has 0 saturated carbocycles. The van der Waals surface area contributed by atoms with Crippen molar-refractivity contribution in [1.29, 1.82) is 0 Å². The lowest BCUT2D eigenvalue weighted by Gasteiger charge is -2.27. The molecule has 0 saturated heterocycles. The Labute approximate surface area is 181 Å². The maximum Gasteiger partial charge on any atom is 0.227 e. The number of nitrogens with one attached hydrogen (secondary N) is 2. The van der Waals surface area contributed by atoms with Crippen LogP contribution >= 0.6 is 0 Å². The van der Waals surface area contributed by atoms with Crippen LogP contribution in [0.15, 0.2) is 24.5 Å². The third-order valence-corrected chi connectivity index (χ3v) is 5.65. The minimum Gasteiger partial charge on any atom is -0.508 e. The van der Waals surface area contributed by atoms with E-state index in [4.69, 9.17) is 0 Å². The van der Waals surface area contributed by atoms with Crippen LogP contribution in [0.1, 0.15) is 59.1 Å². The SMILES string of the molecule is CCC(CC)n1cnc2c(NCc3cc(F)ccc3O)nc(NC(C)C(C)(C)O)nc21. The Morgan fingerprint density at radius 3 is 2.55 bits per heavy atom. The molecule has 1 atom stereocenters. The third-order valence-electron chi connectivity index (χ3n) is 5.65. The molecule has 2 heterocycles. The number of fused-ring (bicyclic) bond motifs is 1. The first kappa shape index (κ1) is 22.7. The number of benzene rings is 1. The highest BCUT2D eigenvalue weighted by Gasteiger charge is 2.24. The van der Waals surface area contributed by atoms with E-state index in [2.05, 4.69) is 39.4 Å². The van der Waals surface area contributed by atoms with E-state index in [1.54, 1.807) is 20.2 Å². The Bertz CT molecular complexity index is 1040. The van der Waals surface area contributed by atoms with Gasteiger partial charge < -0.3 is 25.4 Å². The molecular formula is C22H31FN6O2. The van der Waals surface area contributed by atoms with Crippen molar-refractivity contribution in [2.24, 2.45) is 0 Å². The van der Waals surface area contributed by atoms with Gasteiger partial charge in [0.25, 0.3) is 0 Å². The Kier molecular flexibility index (Phi) is 6.64. The molecule has 0 aliphatic carbocycles. The molecule has 1 aromatic carbocycles. The predicted octanol–water partition coefficient (Wildman–Crippen LogP) is 4.22. The maximum atomic E-state index is 13.6. The number of imidazole rings is 1. The van der Waals surface area contributed by atoms with Crippen LogP contribution in [0.5, 0.6) is 5.75 Å². The molecule has 3 aromatic rings. The summed E-state index contributed by atoms with van der Waals surface area (Å²) in [6, 6.07) is 3.73. The lowest BCUT2D eigenvalue weighted by molar-refractivity contribution is 0.0646. The van der Waals surface area contributed by atoms with Crippen LogP contribution in [0.2, 0.25) is 0 Å². The summed E-state index contributed by atoms with van der Waals surface area (Å²) in [4.78, 5) is 13.7. The summed E-state index contributed by atoms with van der Waals surface area (Å²) < 4.78 is 15.6. The second-order valence-electron chi connectivity index (χ2n) is 8.34. The zero-order valence-corrected chi connectivity index (χ0v) is 18.6. The van der Waals surface area contributed by atoms with Gasteiger partial charge in [0.05, 0.1) is 18.0 Å². The van der Waals surface area contributed by atoms with Crippen molar-refractivity contribution in [2.75, 3.05) is 10.6 Å². The third kappa shape index (κ3) is 5.04. The maximum absolute atomic E-state index is 13.6. The fourth-order valence-corrected chi connectivity index (χ4v) is 3.30. The van der Waals surface area contributed by atoms with Crippen molar-refractivity contribution in [3.63, 3.8) is 0 Å². The van der Waals surface area contributed by atoms with Gasteiger partial charge in [0.2, 0.25) is 5.95 Å². The lowest BCUT2D eigenvalue weighted by Crippen LogP contribution is -2.39. The summed E-state index contributed by atoms with van der Waals surface area (Å²) in [5, 5.41) is 26.7. The van der Waals surface area contributed by atoms with Crippen LogP contribution in [0.3, 0.4) is 0 Å². The second-order valence-corrected chi connectivity index (χ2v) is 8.34. The first-order valence-electron chi connectivity index (χ1n) is 10.6. The van der Waals surface area contributed by atoms with E-state index in [-0.39, 0.29) is 24.4 Å². The topological polar surface area (TPSA) is 108 Å². The highest BCUT2D eigenvalue weighted by Crippen LogP contribution is 2.28. The molecule has 1 unspecified atom stereocenters. The Morgan fingerprint density at radius 1 is 1.19 bits per heavy atom. The monoisotopic (exact) mass is 430 g/mol. The summed E-state index contributed by atoms with van der Waals surface area (Å²) in [5.41, 5.74) is 0.685. The van der Waals surface area contributed by atoms with E-state index in [0.29, 0.717) is 28.5 Å². The summed E-state index contributed by atoms with van der Waals surface area (Å²) in [6.45, 7) is 9.66. The van der Waals surface area contributed by atoms with Crippen molar-refractivity contribution in [3.8, 4) is 5.75 Å². The first-order chi connectivity index (χ1) is 14.6. The molecule has 0 aliphatic rings. The zero-order chi connectivity index (χ0) is 22.8. The van der Waals surface area contributed by atoms with Gasteiger partial charge in [-0.3, -0.25) is 0 Å². The standard InChI is InChI=1S/C22H31FN6O2/c1-6-16(7-2)29-12-25-18-19(24-11-14-10-15(23)8-9-17(14)30)27-21(28-20(18)29)26-13(3)22(4,5)31/h8-10,12-13,16,30-31H,6-7,11H2,1-5H3,(H2,24,26,27,28). The van der Waals surface area contributed by atoms with Crippen molar-refractivity contribution < 1.29 is 14.6 Å². The average Bonchev–Trinajstić information content (AvgIpc) is 3.13. The highest BCUT2D eigenvalue weighted by atomic mass is 19.1. The molecule has 4 N–H and O–H groups in total. The molecule has 2 aromatic heterocycles. The van der Waals surface area contributed by atoms with Gasteiger partial charge in [-0.1, -0.05) is 13.8 Å². The Morgan fingerprint density at radius 2 is 1.90 bits per heavy atom. The minimum atomic E-state index is -0.977. The van der Waals surface area contributed by atoms with Gasteiger partial charge >= 0.3 is 0 Å². The van der Waals surface area contributed by atoms with Crippen LogP contribution in [-0.4, -0.2) is 41.4 Å². The van der Waals surface area contributed by atoms with Gasteiger partial charge in [-0.15, -0.1) is 0 Å². The largest absolute Gasteiger partial charge is 0.508 e. The average molecular weight is 431 g/mol. The normalized spacial score (nSPS) is 13.0. The molecular weight excluding hydrogens is 399 g/mol. The summed E-state index contributed by atoms with van der Waals surface area (Å²) >= 11 is 0. The number of anilines is 2. The Hall–Kier alpha value is -2.94. The first-order valence-corrected chi connectivity index (χ1v) is 10.6. The number of rotatable bonds is 9. The summed E-state index contributed by atoms with van der Waals surface area (Å²) in [6.07, 6.45) is 3.61. The van der Waals surface area contributed by atoms with Crippen molar-refractivity contribution >= 4 is 22.9 Å². The van der Waals surface area contributed by atoms with Crippen LogP contribution in [0.25, 0.3) is 11.2 Å². The number of hydrogen-bond acceptors (Lipinski definition) is 7. The fourth-order valence-electron chi connectivity index (χ4n) is 3.30. The molecule has 0 spiro atoms. The molecule has 31 heavy (non-hydrogen) atoms. The lowest BCUT2D eigenvalue weighted by atomic mass is 10.0. The van der Waals surface area contributed by atoms with Gasteiger partial charge in [-0.05, 0) is 51.8 Å². The molecule has 8 nitrogen and oxygen atoms in total.